The minimum atomic E-state index is -0.938. The molecule has 2 atom stereocenters. The maximum atomic E-state index is 11.9. The highest BCUT2D eigenvalue weighted by Crippen LogP contribution is 2.16. The normalized spacial score (nSPS) is 19.2. The molecule has 0 bridgehead atoms. The lowest BCUT2D eigenvalue weighted by atomic mass is 10.0. The first-order valence-corrected chi connectivity index (χ1v) is 7.25. The Bertz CT molecular complexity index is 492. The standard InChI is InChI=1S/C16H21NO4/c1-11(14-8-9-21-10-14)17-15(18)7-4-12-2-5-13(6-3-12)16(19)20/h2-3,5-6,11,14H,4,7-10H2,1H3,(H,17,18)(H,19,20)/t11-,14-/m1/s1. The van der Waals surface area contributed by atoms with Crippen LogP contribution in [-0.4, -0.2) is 36.2 Å². The molecule has 5 heteroatoms. The third-order valence-corrected chi connectivity index (χ3v) is 3.90. The van der Waals surface area contributed by atoms with E-state index in [0.717, 1.165) is 25.2 Å². The number of benzene rings is 1. The van der Waals surface area contributed by atoms with Crippen LogP contribution in [0.5, 0.6) is 0 Å². The number of aryl methyl sites for hydroxylation is 1. The van der Waals surface area contributed by atoms with Gasteiger partial charge in [-0.25, -0.2) is 4.79 Å². The van der Waals surface area contributed by atoms with Gasteiger partial charge in [0.15, 0.2) is 0 Å². The monoisotopic (exact) mass is 291 g/mol. The van der Waals surface area contributed by atoms with E-state index in [-0.39, 0.29) is 17.5 Å². The molecule has 1 amide bonds. The Morgan fingerprint density at radius 3 is 2.67 bits per heavy atom. The quantitative estimate of drug-likeness (QED) is 0.839. The topological polar surface area (TPSA) is 75.6 Å². The number of rotatable bonds is 6. The molecule has 0 aromatic heterocycles. The van der Waals surface area contributed by atoms with Gasteiger partial charge in [-0.1, -0.05) is 12.1 Å². The molecule has 0 aliphatic carbocycles. The third-order valence-electron chi connectivity index (χ3n) is 3.90. The Hall–Kier alpha value is -1.88. The van der Waals surface area contributed by atoms with Gasteiger partial charge >= 0.3 is 5.97 Å². The van der Waals surface area contributed by atoms with Gasteiger partial charge < -0.3 is 15.2 Å². The van der Waals surface area contributed by atoms with Crippen molar-refractivity contribution >= 4 is 11.9 Å². The first-order chi connectivity index (χ1) is 10.1. The van der Waals surface area contributed by atoms with Crippen molar-refractivity contribution in [1.82, 2.24) is 5.32 Å². The van der Waals surface area contributed by atoms with Gasteiger partial charge in [0.2, 0.25) is 5.91 Å². The number of carboxylic acid groups (broad SMARTS) is 1. The second-order valence-electron chi connectivity index (χ2n) is 5.48. The van der Waals surface area contributed by atoms with Crippen molar-refractivity contribution in [2.75, 3.05) is 13.2 Å². The van der Waals surface area contributed by atoms with Crippen molar-refractivity contribution in [1.29, 1.82) is 0 Å². The number of aromatic carboxylic acids is 1. The minimum absolute atomic E-state index is 0.0247. The maximum Gasteiger partial charge on any atom is 0.335 e. The molecule has 114 valence electrons. The fourth-order valence-electron chi connectivity index (χ4n) is 2.46. The van der Waals surface area contributed by atoms with Crippen LogP contribution in [0.3, 0.4) is 0 Å². The number of carbonyl (C=O) groups is 2. The number of carbonyl (C=O) groups excluding carboxylic acids is 1. The van der Waals surface area contributed by atoms with E-state index in [2.05, 4.69) is 5.32 Å². The van der Waals surface area contributed by atoms with Crippen LogP contribution < -0.4 is 5.32 Å². The zero-order valence-corrected chi connectivity index (χ0v) is 12.2. The molecule has 1 aliphatic rings. The van der Waals surface area contributed by atoms with E-state index in [9.17, 15) is 9.59 Å². The molecule has 1 fully saturated rings. The average molecular weight is 291 g/mol. The van der Waals surface area contributed by atoms with Gasteiger partial charge in [-0.3, -0.25) is 4.79 Å². The van der Waals surface area contributed by atoms with Crippen LogP contribution in [0.25, 0.3) is 0 Å². The third kappa shape index (κ3) is 4.56. The van der Waals surface area contributed by atoms with E-state index in [1.165, 1.54) is 0 Å². The first kappa shape index (κ1) is 15.5. The van der Waals surface area contributed by atoms with Gasteiger partial charge in [-0.15, -0.1) is 0 Å². The summed E-state index contributed by atoms with van der Waals surface area (Å²) in [6.45, 7) is 3.51. The number of hydrogen-bond acceptors (Lipinski definition) is 3. The van der Waals surface area contributed by atoms with Gasteiger partial charge in [0, 0.05) is 25.0 Å². The first-order valence-electron chi connectivity index (χ1n) is 7.25. The Morgan fingerprint density at radius 1 is 1.38 bits per heavy atom. The molecule has 2 rings (SSSR count). The van der Waals surface area contributed by atoms with Crippen molar-refractivity contribution < 1.29 is 19.4 Å². The van der Waals surface area contributed by atoms with Gasteiger partial charge in [0.25, 0.3) is 0 Å². The number of ether oxygens (including phenoxy) is 1. The van der Waals surface area contributed by atoms with Crippen LogP contribution in [0.2, 0.25) is 0 Å². The van der Waals surface area contributed by atoms with Gasteiger partial charge in [0.1, 0.15) is 0 Å². The molecule has 0 saturated carbocycles. The molecular formula is C16H21NO4. The second kappa shape index (κ2) is 7.22. The van der Waals surface area contributed by atoms with Crippen molar-refractivity contribution in [3.63, 3.8) is 0 Å². The Balaban J connectivity index is 1.76. The highest BCUT2D eigenvalue weighted by molar-refractivity contribution is 5.87. The van der Waals surface area contributed by atoms with Crippen LogP contribution in [0.1, 0.15) is 35.7 Å². The highest BCUT2D eigenvalue weighted by atomic mass is 16.5. The van der Waals surface area contributed by atoms with Crippen molar-refractivity contribution in [3.05, 3.63) is 35.4 Å². The van der Waals surface area contributed by atoms with Gasteiger partial charge in [0.05, 0.1) is 12.2 Å². The summed E-state index contributed by atoms with van der Waals surface area (Å²) in [6.07, 6.45) is 2.02. The molecule has 1 aromatic rings. The summed E-state index contributed by atoms with van der Waals surface area (Å²) in [5.41, 5.74) is 1.23. The van der Waals surface area contributed by atoms with Crippen molar-refractivity contribution in [3.8, 4) is 0 Å². The number of amides is 1. The summed E-state index contributed by atoms with van der Waals surface area (Å²) in [5.74, 6) is -0.507. The van der Waals surface area contributed by atoms with Crippen LogP contribution in [-0.2, 0) is 16.0 Å². The summed E-state index contributed by atoms with van der Waals surface area (Å²) in [5, 5.41) is 11.8. The van der Waals surface area contributed by atoms with E-state index in [0.29, 0.717) is 18.8 Å². The lowest BCUT2D eigenvalue weighted by Crippen LogP contribution is -2.38. The maximum absolute atomic E-state index is 11.9. The van der Waals surface area contributed by atoms with Gasteiger partial charge in [-0.2, -0.15) is 0 Å². The molecule has 0 spiro atoms. The van der Waals surface area contributed by atoms with Crippen LogP contribution >= 0.6 is 0 Å². The molecular weight excluding hydrogens is 270 g/mol. The fraction of sp³-hybridized carbons (Fsp3) is 0.500. The predicted octanol–water partition coefficient (Wildman–Crippen LogP) is 1.86. The average Bonchev–Trinajstić information content (AvgIpc) is 3.00. The van der Waals surface area contributed by atoms with E-state index in [1.54, 1.807) is 24.3 Å². The smallest absolute Gasteiger partial charge is 0.335 e. The molecule has 1 heterocycles. The number of nitrogens with one attached hydrogen (secondary N) is 1. The number of hydrogen-bond donors (Lipinski definition) is 2. The van der Waals surface area contributed by atoms with Crippen LogP contribution in [0.15, 0.2) is 24.3 Å². The lowest BCUT2D eigenvalue weighted by molar-refractivity contribution is -0.122. The zero-order valence-electron chi connectivity index (χ0n) is 12.2. The predicted molar refractivity (Wildman–Crippen MR) is 78.3 cm³/mol. The Kier molecular flexibility index (Phi) is 5.33. The summed E-state index contributed by atoms with van der Waals surface area (Å²) in [6, 6.07) is 6.77. The van der Waals surface area contributed by atoms with E-state index >= 15 is 0 Å². The fourth-order valence-corrected chi connectivity index (χ4v) is 2.46. The van der Waals surface area contributed by atoms with Crippen LogP contribution in [0, 0.1) is 5.92 Å². The molecule has 0 unspecified atom stereocenters. The Labute approximate surface area is 124 Å². The van der Waals surface area contributed by atoms with E-state index in [4.69, 9.17) is 9.84 Å². The van der Waals surface area contributed by atoms with Gasteiger partial charge in [-0.05, 0) is 37.5 Å². The summed E-state index contributed by atoms with van der Waals surface area (Å²) >= 11 is 0. The largest absolute Gasteiger partial charge is 0.478 e. The highest BCUT2D eigenvalue weighted by Gasteiger charge is 2.23. The summed E-state index contributed by atoms with van der Waals surface area (Å²) in [4.78, 5) is 22.7. The van der Waals surface area contributed by atoms with Crippen LogP contribution in [0.4, 0.5) is 0 Å². The molecule has 1 saturated heterocycles. The van der Waals surface area contributed by atoms with E-state index in [1.807, 2.05) is 6.92 Å². The molecule has 1 aromatic carbocycles. The number of carboxylic acids is 1. The zero-order chi connectivity index (χ0) is 15.2. The van der Waals surface area contributed by atoms with Crippen molar-refractivity contribution in [2.45, 2.75) is 32.2 Å². The molecule has 21 heavy (non-hydrogen) atoms. The summed E-state index contributed by atoms with van der Waals surface area (Å²) < 4.78 is 5.32. The molecule has 0 radical (unpaired) electrons. The minimum Gasteiger partial charge on any atom is -0.478 e. The molecule has 2 N–H and O–H groups in total. The lowest BCUT2D eigenvalue weighted by Gasteiger charge is -2.19. The van der Waals surface area contributed by atoms with Crippen molar-refractivity contribution in [2.24, 2.45) is 5.92 Å². The molecule has 1 aliphatic heterocycles. The molecule has 5 nitrogen and oxygen atoms in total. The SMILES string of the molecule is C[C@@H](NC(=O)CCc1ccc(C(=O)O)cc1)[C@@H]1CCOC1. The summed E-state index contributed by atoms with van der Waals surface area (Å²) in [7, 11) is 0. The van der Waals surface area contributed by atoms with E-state index < -0.39 is 5.97 Å². The second-order valence-corrected chi connectivity index (χ2v) is 5.48. The Morgan fingerprint density at radius 2 is 2.10 bits per heavy atom.